The first-order valence-corrected chi connectivity index (χ1v) is 25.1. The van der Waals surface area contributed by atoms with Gasteiger partial charge < -0.3 is 99.3 Å². The molecule has 0 unspecified atom stereocenters. The third-order valence-electron chi connectivity index (χ3n) is 11.5. The molecule has 3 aliphatic heterocycles. The Morgan fingerprint density at radius 2 is 1.28 bits per heavy atom. The number of amides is 5. The van der Waals surface area contributed by atoms with Crippen molar-refractivity contribution in [2.75, 3.05) is 39.9 Å². The summed E-state index contributed by atoms with van der Waals surface area (Å²) in [7, 11) is 1.31. The molecule has 25 nitrogen and oxygen atoms in total. The molecule has 2 saturated heterocycles. The van der Waals surface area contributed by atoms with Crippen LogP contribution in [0.2, 0.25) is 0 Å². The zero-order valence-electron chi connectivity index (χ0n) is 46.0. The third kappa shape index (κ3) is 19.7. The number of rotatable bonds is 16. The highest BCUT2D eigenvalue weighted by molar-refractivity contribution is 5.81. The second-order valence-electron chi connectivity index (χ2n) is 23.8. The Bertz CT molecular complexity index is 1940. The number of aliphatic hydroxyl groups excluding tert-OH is 3. The largest absolute Gasteiger partial charge is 0.466 e. The van der Waals surface area contributed by atoms with Gasteiger partial charge in [-0.3, -0.25) is 4.79 Å². The normalized spacial score (nSPS) is 30.9. The van der Waals surface area contributed by atoms with Gasteiger partial charge in [0.25, 0.3) is 0 Å². The molecule has 1 saturated carbocycles. The molecule has 0 bridgehead atoms. The smallest absolute Gasteiger partial charge is 0.410 e. The van der Waals surface area contributed by atoms with E-state index in [-0.39, 0.29) is 38.5 Å². The number of likely N-dealkylation sites (N-methyl/N-ethyl adjacent to an activating group) is 1. The van der Waals surface area contributed by atoms with Gasteiger partial charge in [0.05, 0.1) is 50.0 Å². The molecule has 0 aromatic heterocycles. The lowest BCUT2D eigenvalue weighted by Gasteiger charge is -2.50. The van der Waals surface area contributed by atoms with Crippen LogP contribution >= 0.6 is 0 Å². The molecule has 0 aromatic carbocycles. The molecule has 0 aromatic rings. The van der Waals surface area contributed by atoms with Gasteiger partial charge in [0.2, 0.25) is 12.2 Å². The first-order chi connectivity index (χ1) is 33.8. The maximum Gasteiger partial charge on any atom is 0.410 e. The fourth-order valence-electron chi connectivity index (χ4n) is 8.50. The van der Waals surface area contributed by atoms with Crippen LogP contribution in [0.25, 0.3) is 0 Å². The number of carbonyl (C=O) groups excluding carboxylic acids is 5. The highest BCUT2D eigenvalue weighted by atomic mass is 16.7. The Balaban J connectivity index is 1.73. The van der Waals surface area contributed by atoms with Crippen LogP contribution in [0.3, 0.4) is 0 Å². The number of carbonyl (C=O) groups is 5. The van der Waals surface area contributed by atoms with Crippen molar-refractivity contribution >= 4 is 30.3 Å². The van der Waals surface area contributed by atoms with Crippen molar-refractivity contribution in [2.45, 2.75) is 230 Å². The maximum atomic E-state index is 13.9. The number of nitrogens with zero attached hydrogens (tertiary/aromatic N) is 1. The van der Waals surface area contributed by atoms with Crippen molar-refractivity contribution in [2.24, 2.45) is 0 Å². The summed E-state index contributed by atoms with van der Waals surface area (Å²) in [6.45, 7) is 25.1. The number of ether oxygens (including phenoxy) is 10. The molecule has 4 aliphatic rings. The molecule has 0 spiro atoms. The quantitative estimate of drug-likeness (QED) is 0.100. The Morgan fingerprint density at radius 1 is 0.757 bits per heavy atom. The number of hydrogen-bond donors (Lipinski definition) is 9. The summed E-state index contributed by atoms with van der Waals surface area (Å²) in [4.78, 5) is 67.5. The molecular weight excluding hydrogens is 977 g/mol. The average Bonchev–Trinajstić information content (AvgIpc) is 3.56. The van der Waals surface area contributed by atoms with E-state index in [2.05, 4.69) is 26.6 Å². The van der Waals surface area contributed by atoms with E-state index in [0.717, 1.165) is 4.90 Å². The van der Waals surface area contributed by atoms with Gasteiger partial charge in [0.1, 0.15) is 64.3 Å². The van der Waals surface area contributed by atoms with E-state index in [0.29, 0.717) is 18.9 Å². The highest BCUT2D eigenvalue weighted by Crippen LogP contribution is 2.35. The van der Waals surface area contributed by atoms with Crippen LogP contribution in [-0.4, -0.2) is 203 Å². The molecule has 4 rings (SSSR count). The van der Waals surface area contributed by atoms with Gasteiger partial charge in [-0.2, -0.15) is 0 Å². The minimum Gasteiger partial charge on any atom is -0.466 e. The van der Waals surface area contributed by atoms with Crippen LogP contribution in [0.5, 0.6) is 0 Å². The molecular formula is C49H86N6O19. The third-order valence-corrected chi connectivity index (χ3v) is 11.5. The average molecular weight is 1060 g/mol. The Hall–Kier alpha value is -4.31. The van der Waals surface area contributed by atoms with Crippen molar-refractivity contribution in [1.29, 1.82) is 0 Å². The number of nitrogens with one attached hydrogen (secondary N) is 5. The zero-order valence-corrected chi connectivity index (χ0v) is 46.0. The minimum atomic E-state index is -1.90. The summed E-state index contributed by atoms with van der Waals surface area (Å²) in [5.41, 5.74) is -5.54. The number of alkyl carbamates (subject to hydrolysis) is 3. The van der Waals surface area contributed by atoms with Gasteiger partial charge in [-0.25, -0.2) is 19.2 Å². The van der Waals surface area contributed by atoms with Crippen molar-refractivity contribution in [3.8, 4) is 0 Å². The summed E-state index contributed by atoms with van der Waals surface area (Å²) in [6.07, 6.45) is -14.2. The highest BCUT2D eigenvalue weighted by Gasteiger charge is 2.55. The van der Waals surface area contributed by atoms with E-state index in [1.165, 1.54) is 14.0 Å². The van der Waals surface area contributed by atoms with Gasteiger partial charge in [-0.15, -0.1) is 0 Å². The van der Waals surface area contributed by atoms with Gasteiger partial charge >= 0.3 is 24.4 Å². The predicted molar refractivity (Wildman–Crippen MR) is 263 cm³/mol. The van der Waals surface area contributed by atoms with Crippen LogP contribution in [-0.2, 0) is 52.2 Å². The summed E-state index contributed by atoms with van der Waals surface area (Å²) in [5.74, 6) is -1.35. The van der Waals surface area contributed by atoms with Gasteiger partial charge in [0.15, 0.2) is 12.1 Å². The molecule has 426 valence electrons. The van der Waals surface area contributed by atoms with E-state index >= 15 is 0 Å². The minimum absolute atomic E-state index is 0.137. The lowest BCUT2D eigenvalue weighted by molar-refractivity contribution is -0.311. The summed E-state index contributed by atoms with van der Waals surface area (Å²) in [5, 5.41) is 61.2. The van der Waals surface area contributed by atoms with Crippen molar-refractivity contribution in [3.05, 3.63) is 11.8 Å². The summed E-state index contributed by atoms with van der Waals surface area (Å²) < 4.78 is 58.9. The van der Waals surface area contributed by atoms with Gasteiger partial charge in [0, 0.05) is 20.1 Å². The standard InChI is InChI=1S/C49H86N6O19/c1-44(2,3)71-40(60)51-20-19-31(56)37(59)52-29-21-30(54-42(62)73-46(7,8)9)35(32(57)34(29)69-39-33(58)36(49(15,64)25-65-39)55(16)43(63)74-47(10,11)12)68-38-28(53-41(61)72-45(4,5)6)18-17-26(67-38)22-50-23-27-24-66-48(13,14)70-27/h17,27-36,38-39,50,56-58,64H,18-25H2,1-16H3,(H,51,60)(H,52,59)(H,53,61)(H,54,62)/t27-,28+,29+,30-,31-,32+,33+,34-,35+,36+,38+,39+,49-/m0/s1. The van der Waals surface area contributed by atoms with Crippen LogP contribution in [0, 0.1) is 0 Å². The van der Waals surface area contributed by atoms with Crippen LogP contribution < -0.4 is 26.6 Å². The fourth-order valence-corrected chi connectivity index (χ4v) is 8.50. The van der Waals surface area contributed by atoms with Crippen LogP contribution in [0.1, 0.15) is 123 Å². The zero-order chi connectivity index (χ0) is 55.9. The van der Waals surface area contributed by atoms with E-state index in [4.69, 9.17) is 47.4 Å². The monoisotopic (exact) mass is 1060 g/mol. The maximum absolute atomic E-state index is 13.9. The molecule has 13 atom stereocenters. The predicted octanol–water partition coefficient (Wildman–Crippen LogP) is 2.14. The Kier molecular flexibility index (Phi) is 20.8. The van der Waals surface area contributed by atoms with Crippen molar-refractivity contribution in [1.82, 2.24) is 31.5 Å². The summed E-state index contributed by atoms with van der Waals surface area (Å²) >= 11 is 0. The second kappa shape index (κ2) is 24.8. The molecule has 0 radical (unpaired) electrons. The molecule has 25 heteroatoms. The number of aliphatic hydroxyl groups is 4. The van der Waals surface area contributed by atoms with Gasteiger partial charge in [-0.05, 0) is 129 Å². The molecule has 1 aliphatic carbocycles. The molecule has 3 fully saturated rings. The van der Waals surface area contributed by atoms with E-state index in [9.17, 15) is 44.4 Å². The van der Waals surface area contributed by atoms with E-state index in [1.807, 2.05) is 13.8 Å². The van der Waals surface area contributed by atoms with E-state index in [1.54, 1.807) is 89.2 Å². The second-order valence-corrected chi connectivity index (χ2v) is 23.8. The molecule has 5 amide bonds. The van der Waals surface area contributed by atoms with E-state index < -0.39 is 138 Å². The molecule has 3 heterocycles. The SMILES string of the molecule is CN(C(=O)OC(C)(C)C)[C@@H]1[C@@H](O)[C@@H](O[C@@H]2[C@@H](O)[C@H](O[C@H]3OC(CNC[C@H]4COC(C)(C)O4)=CC[C@H]3NC(=O)OC(C)(C)C)[C@@H](NC(=O)OC(C)(C)C)C[C@H]2NC(=O)[C@@H](O)CCNC(=O)OC(C)(C)C)OC[C@]1(C)O. The topological polar surface area (TPSA) is 322 Å². The first-order valence-electron chi connectivity index (χ1n) is 25.1. The van der Waals surface area contributed by atoms with Crippen LogP contribution in [0.4, 0.5) is 19.2 Å². The Morgan fingerprint density at radius 3 is 1.82 bits per heavy atom. The lowest BCUT2D eigenvalue weighted by Crippen LogP contribution is -2.71. The fraction of sp³-hybridized carbons (Fsp3) is 0.857. The number of hydrogen-bond acceptors (Lipinski definition) is 20. The van der Waals surface area contributed by atoms with Gasteiger partial charge in [-0.1, -0.05) is 0 Å². The van der Waals surface area contributed by atoms with Crippen molar-refractivity contribution < 1.29 is 91.8 Å². The first kappa shape index (κ1) is 62.2. The molecule has 9 N–H and O–H groups in total. The summed E-state index contributed by atoms with van der Waals surface area (Å²) in [6, 6.07) is -5.00. The lowest BCUT2D eigenvalue weighted by atomic mass is 9.82. The molecule has 74 heavy (non-hydrogen) atoms. The Labute approximate surface area is 434 Å². The van der Waals surface area contributed by atoms with Crippen LogP contribution in [0.15, 0.2) is 11.8 Å². The van der Waals surface area contributed by atoms with Crippen molar-refractivity contribution in [3.63, 3.8) is 0 Å².